The molecular weight excluding hydrogens is 179 g/mol. The fraction of sp³-hybridized carbons (Fsp3) is 0.500. The van der Waals surface area contributed by atoms with Crippen LogP contribution in [-0.2, 0) is 6.42 Å². The SMILES string of the molecule is CCc1ccc(C(C)C)c(F)c1OC. The van der Waals surface area contributed by atoms with Crippen molar-refractivity contribution in [2.24, 2.45) is 0 Å². The number of benzene rings is 1. The van der Waals surface area contributed by atoms with E-state index in [1.165, 1.54) is 7.11 Å². The number of hydrogen-bond acceptors (Lipinski definition) is 1. The lowest BCUT2D eigenvalue weighted by Crippen LogP contribution is -2.00. The summed E-state index contributed by atoms with van der Waals surface area (Å²) < 4.78 is 18.9. The maximum atomic E-state index is 13.8. The molecular formula is C12H17FO. The van der Waals surface area contributed by atoms with Crippen LogP contribution in [0.25, 0.3) is 0 Å². The van der Waals surface area contributed by atoms with Crippen LogP contribution in [0.2, 0.25) is 0 Å². The molecule has 0 amide bonds. The molecule has 0 heterocycles. The minimum absolute atomic E-state index is 0.190. The third-order valence-corrected chi connectivity index (χ3v) is 2.42. The topological polar surface area (TPSA) is 9.23 Å². The molecule has 0 spiro atoms. The van der Waals surface area contributed by atoms with Crippen LogP contribution in [0.1, 0.15) is 37.8 Å². The van der Waals surface area contributed by atoms with E-state index in [0.29, 0.717) is 5.75 Å². The summed E-state index contributed by atoms with van der Waals surface area (Å²) in [5, 5.41) is 0. The Bertz CT molecular complexity index is 318. The largest absolute Gasteiger partial charge is 0.493 e. The molecule has 78 valence electrons. The molecule has 1 rings (SSSR count). The van der Waals surface area contributed by atoms with E-state index in [4.69, 9.17) is 4.74 Å². The third-order valence-electron chi connectivity index (χ3n) is 2.42. The summed E-state index contributed by atoms with van der Waals surface area (Å²) in [5.74, 6) is 0.385. The lowest BCUT2D eigenvalue weighted by Gasteiger charge is -2.13. The van der Waals surface area contributed by atoms with Crippen LogP contribution in [0, 0.1) is 5.82 Å². The molecule has 0 saturated heterocycles. The van der Waals surface area contributed by atoms with Gasteiger partial charge in [0.25, 0.3) is 0 Å². The molecule has 1 aromatic carbocycles. The van der Waals surface area contributed by atoms with Gasteiger partial charge in [-0.25, -0.2) is 4.39 Å². The summed E-state index contributed by atoms with van der Waals surface area (Å²) in [6.45, 7) is 5.94. The Kier molecular flexibility index (Phi) is 3.50. The predicted molar refractivity (Wildman–Crippen MR) is 56.4 cm³/mol. The first-order valence-corrected chi connectivity index (χ1v) is 4.97. The average Bonchev–Trinajstić information content (AvgIpc) is 2.16. The van der Waals surface area contributed by atoms with Crippen molar-refractivity contribution in [2.45, 2.75) is 33.1 Å². The Morgan fingerprint density at radius 3 is 2.43 bits per heavy atom. The van der Waals surface area contributed by atoms with Gasteiger partial charge in [-0.1, -0.05) is 32.9 Å². The Morgan fingerprint density at radius 1 is 1.36 bits per heavy atom. The van der Waals surface area contributed by atoms with Gasteiger partial charge in [0.15, 0.2) is 11.6 Å². The number of aryl methyl sites for hydroxylation is 1. The van der Waals surface area contributed by atoms with E-state index < -0.39 is 0 Å². The van der Waals surface area contributed by atoms with Crippen LogP contribution < -0.4 is 4.74 Å². The molecule has 0 N–H and O–H groups in total. The Morgan fingerprint density at radius 2 is 2.00 bits per heavy atom. The summed E-state index contributed by atoms with van der Waals surface area (Å²) in [6.07, 6.45) is 0.790. The summed E-state index contributed by atoms with van der Waals surface area (Å²) in [7, 11) is 1.52. The second kappa shape index (κ2) is 4.45. The van der Waals surface area contributed by atoms with E-state index in [-0.39, 0.29) is 11.7 Å². The second-order valence-corrected chi connectivity index (χ2v) is 3.67. The number of methoxy groups -OCH3 is 1. The molecule has 0 aromatic heterocycles. The van der Waals surface area contributed by atoms with E-state index in [2.05, 4.69) is 0 Å². The molecule has 0 aliphatic rings. The van der Waals surface area contributed by atoms with Gasteiger partial charge < -0.3 is 4.74 Å². The summed E-state index contributed by atoms with van der Waals surface area (Å²) in [5.41, 5.74) is 1.65. The van der Waals surface area contributed by atoms with Crippen molar-refractivity contribution in [3.63, 3.8) is 0 Å². The molecule has 14 heavy (non-hydrogen) atoms. The first kappa shape index (κ1) is 11.0. The average molecular weight is 196 g/mol. The highest BCUT2D eigenvalue weighted by Crippen LogP contribution is 2.29. The summed E-state index contributed by atoms with van der Waals surface area (Å²) in [4.78, 5) is 0. The van der Waals surface area contributed by atoms with Gasteiger partial charge in [0, 0.05) is 0 Å². The fourth-order valence-corrected chi connectivity index (χ4v) is 1.56. The van der Waals surface area contributed by atoms with E-state index in [1.807, 2.05) is 32.9 Å². The Balaban J connectivity index is 3.27. The van der Waals surface area contributed by atoms with E-state index in [0.717, 1.165) is 17.5 Å². The zero-order valence-corrected chi connectivity index (χ0v) is 9.23. The Labute approximate surface area is 84.9 Å². The lowest BCUT2D eigenvalue weighted by atomic mass is 9.99. The van der Waals surface area contributed by atoms with Crippen molar-refractivity contribution in [3.05, 3.63) is 29.1 Å². The monoisotopic (exact) mass is 196 g/mol. The van der Waals surface area contributed by atoms with Crippen LogP contribution in [0.4, 0.5) is 4.39 Å². The quantitative estimate of drug-likeness (QED) is 0.718. The van der Waals surface area contributed by atoms with Crippen molar-refractivity contribution in [1.29, 1.82) is 0 Å². The van der Waals surface area contributed by atoms with E-state index in [1.54, 1.807) is 0 Å². The molecule has 0 fully saturated rings. The van der Waals surface area contributed by atoms with Crippen LogP contribution in [0.5, 0.6) is 5.75 Å². The Hall–Kier alpha value is -1.05. The zero-order valence-electron chi connectivity index (χ0n) is 9.23. The third kappa shape index (κ3) is 1.89. The van der Waals surface area contributed by atoms with Gasteiger partial charge in [-0.2, -0.15) is 0 Å². The number of hydrogen-bond donors (Lipinski definition) is 0. The van der Waals surface area contributed by atoms with Crippen LogP contribution >= 0.6 is 0 Å². The lowest BCUT2D eigenvalue weighted by molar-refractivity contribution is 0.378. The standard InChI is InChI=1S/C12H17FO/c1-5-9-6-7-10(8(2)3)11(13)12(9)14-4/h6-8H,5H2,1-4H3. The molecule has 0 saturated carbocycles. The number of rotatable bonds is 3. The number of halogens is 1. The molecule has 2 heteroatoms. The highest BCUT2D eigenvalue weighted by atomic mass is 19.1. The molecule has 0 aliphatic heterocycles. The highest BCUT2D eigenvalue weighted by Gasteiger charge is 2.14. The molecule has 0 radical (unpaired) electrons. The first-order chi connectivity index (χ1) is 6.61. The fourth-order valence-electron chi connectivity index (χ4n) is 1.56. The molecule has 0 unspecified atom stereocenters. The van der Waals surface area contributed by atoms with E-state index in [9.17, 15) is 4.39 Å². The minimum Gasteiger partial charge on any atom is -0.493 e. The van der Waals surface area contributed by atoms with Crippen molar-refractivity contribution < 1.29 is 9.13 Å². The number of ether oxygens (including phenoxy) is 1. The second-order valence-electron chi connectivity index (χ2n) is 3.67. The highest BCUT2D eigenvalue weighted by molar-refractivity contribution is 5.40. The van der Waals surface area contributed by atoms with Crippen LogP contribution in [0.3, 0.4) is 0 Å². The van der Waals surface area contributed by atoms with Gasteiger partial charge in [-0.15, -0.1) is 0 Å². The smallest absolute Gasteiger partial charge is 0.168 e. The van der Waals surface area contributed by atoms with Gasteiger partial charge in [0.2, 0.25) is 0 Å². The predicted octanol–water partition coefficient (Wildman–Crippen LogP) is 3.52. The van der Waals surface area contributed by atoms with Crippen LogP contribution in [-0.4, -0.2) is 7.11 Å². The molecule has 0 bridgehead atoms. The van der Waals surface area contributed by atoms with Crippen LogP contribution in [0.15, 0.2) is 12.1 Å². The van der Waals surface area contributed by atoms with Crippen molar-refractivity contribution >= 4 is 0 Å². The van der Waals surface area contributed by atoms with Crippen molar-refractivity contribution in [3.8, 4) is 5.75 Å². The maximum Gasteiger partial charge on any atom is 0.168 e. The molecule has 1 nitrogen and oxygen atoms in total. The van der Waals surface area contributed by atoms with Gasteiger partial charge in [-0.05, 0) is 23.5 Å². The summed E-state index contributed by atoms with van der Waals surface area (Å²) >= 11 is 0. The van der Waals surface area contributed by atoms with E-state index >= 15 is 0 Å². The minimum atomic E-state index is -0.207. The maximum absolute atomic E-state index is 13.8. The first-order valence-electron chi connectivity index (χ1n) is 4.97. The van der Waals surface area contributed by atoms with Gasteiger partial charge >= 0.3 is 0 Å². The molecule has 1 aromatic rings. The molecule has 0 atom stereocenters. The van der Waals surface area contributed by atoms with Crippen molar-refractivity contribution in [2.75, 3.05) is 7.11 Å². The van der Waals surface area contributed by atoms with Gasteiger partial charge in [0.1, 0.15) is 0 Å². The van der Waals surface area contributed by atoms with Gasteiger partial charge in [0.05, 0.1) is 7.11 Å². The zero-order chi connectivity index (χ0) is 10.7. The van der Waals surface area contributed by atoms with Gasteiger partial charge in [-0.3, -0.25) is 0 Å². The van der Waals surface area contributed by atoms with Crippen molar-refractivity contribution in [1.82, 2.24) is 0 Å². The normalized spacial score (nSPS) is 10.7. The molecule has 0 aliphatic carbocycles. The summed E-state index contributed by atoms with van der Waals surface area (Å²) in [6, 6.07) is 3.79.